The van der Waals surface area contributed by atoms with E-state index in [0.29, 0.717) is 11.4 Å². The summed E-state index contributed by atoms with van der Waals surface area (Å²) < 4.78 is 0. The molecular weight excluding hydrogens is 296 g/mol. The summed E-state index contributed by atoms with van der Waals surface area (Å²) in [6, 6.07) is 27.5. The zero-order valence-corrected chi connectivity index (χ0v) is 13.0. The first-order valence-corrected chi connectivity index (χ1v) is 7.85. The normalized spacial score (nSPS) is 10.7. The van der Waals surface area contributed by atoms with Crippen molar-refractivity contribution < 1.29 is 4.79 Å². The standard InChI is InChI=1S/C21H16N2O/c24-21(19-13-11-17(22-19)15-7-3-1-4-8-15)20-14-12-18(23-20)16-9-5-2-6-10-16/h1-14,22-23H. The van der Waals surface area contributed by atoms with Crippen molar-refractivity contribution in [2.45, 2.75) is 0 Å². The number of nitrogens with one attached hydrogen (secondary N) is 2. The van der Waals surface area contributed by atoms with E-state index in [1.807, 2.05) is 84.9 Å². The SMILES string of the molecule is O=C(c1ccc(-c2ccccc2)[nH]1)c1ccc(-c2ccccc2)[nH]1. The van der Waals surface area contributed by atoms with E-state index >= 15 is 0 Å². The van der Waals surface area contributed by atoms with Crippen LogP contribution in [0.5, 0.6) is 0 Å². The average molecular weight is 312 g/mol. The van der Waals surface area contributed by atoms with Gasteiger partial charge in [-0.25, -0.2) is 0 Å². The summed E-state index contributed by atoms with van der Waals surface area (Å²) in [6.45, 7) is 0. The van der Waals surface area contributed by atoms with E-state index in [9.17, 15) is 4.79 Å². The Morgan fingerprint density at radius 3 is 1.38 bits per heavy atom. The first kappa shape index (κ1) is 14.3. The van der Waals surface area contributed by atoms with Crippen LogP contribution < -0.4 is 0 Å². The number of rotatable bonds is 4. The molecule has 2 aromatic carbocycles. The fourth-order valence-corrected chi connectivity index (χ4v) is 2.77. The zero-order valence-electron chi connectivity index (χ0n) is 13.0. The Bertz CT molecular complexity index is 886. The second kappa shape index (κ2) is 6.05. The van der Waals surface area contributed by atoms with Gasteiger partial charge in [-0.3, -0.25) is 4.79 Å². The average Bonchev–Trinajstić information content (AvgIpc) is 3.33. The fraction of sp³-hybridized carbons (Fsp3) is 0. The van der Waals surface area contributed by atoms with Gasteiger partial charge in [0.15, 0.2) is 0 Å². The molecule has 4 rings (SSSR count). The third-order valence-electron chi connectivity index (χ3n) is 4.03. The van der Waals surface area contributed by atoms with Crippen molar-refractivity contribution in [3.63, 3.8) is 0 Å². The van der Waals surface area contributed by atoms with Gasteiger partial charge in [-0.15, -0.1) is 0 Å². The third kappa shape index (κ3) is 2.68. The molecule has 0 aliphatic rings. The molecule has 116 valence electrons. The van der Waals surface area contributed by atoms with E-state index in [1.165, 1.54) is 0 Å². The highest BCUT2D eigenvalue weighted by Gasteiger charge is 2.14. The van der Waals surface area contributed by atoms with E-state index in [4.69, 9.17) is 0 Å². The molecule has 0 fully saturated rings. The predicted molar refractivity (Wildman–Crippen MR) is 95.9 cm³/mol. The molecular formula is C21H16N2O. The van der Waals surface area contributed by atoms with Crippen molar-refractivity contribution in [2.24, 2.45) is 0 Å². The van der Waals surface area contributed by atoms with Gasteiger partial charge < -0.3 is 9.97 Å². The molecule has 0 spiro atoms. The Hall–Kier alpha value is -3.33. The van der Waals surface area contributed by atoms with Gasteiger partial charge in [-0.2, -0.15) is 0 Å². The Morgan fingerprint density at radius 1 is 0.542 bits per heavy atom. The molecule has 0 aliphatic carbocycles. The van der Waals surface area contributed by atoms with E-state index < -0.39 is 0 Å². The molecule has 0 unspecified atom stereocenters. The maximum Gasteiger partial charge on any atom is 0.225 e. The minimum atomic E-state index is -0.0423. The molecule has 0 atom stereocenters. The summed E-state index contributed by atoms with van der Waals surface area (Å²) in [5, 5.41) is 0. The molecule has 2 heterocycles. The number of aromatic amines is 2. The molecule has 2 aromatic heterocycles. The van der Waals surface area contributed by atoms with Crippen LogP contribution in [0, 0.1) is 0 Å². The van der Waals surface area contributed by atoms with E-state index in [1.54, 1.807) is 0 Å². The number of aromatic nitrogens is 2. The molecule has 24 heavy (non-hydrogen) atoms. The minimum Gasteiger partial charge on any atom is -0.352 e. The largest absolute Gasteiger partial charge is 0.352 e. The number of hydrogen-bond donors (Lipinski definition) is 2. The van der Waals surface area contributed by atoms with Crippen molar-refractivity contribution in [1.29, 1.82) is 0 Å². The first-order valence-electron chi connectivity index (χ1n) is 7.85. The van der Waals surface area contributed by atoms with E-state index in [-0.39, 0.29) is 5.78 Å². The highest BCUT2D eigenvalue weighted by atomic mass is 16.1. The van der Waals surface area contributed by atoms with Gasteiger partial charge >= 0.3 is 0 Å². The molecule has 2 N–H and O–H groups in total. The number of carbonyl (C=O) groups excluding carboxylic acids is 1. The first-order chi connectivity index (χ1) is 11.8. The molecule has 0 radical (unpaired) electrons. The molecule has 0 aliphatic heterocycles. The second-order valence-corrected chi connectivity index (χ2v) is 5.63. The lowest BCUT2D eigenvalue weighted by Gasteiger charge is -1.99. The molecule has 3 heteroatoms. The minimum absolute atomic E-state index is 0.0423. The fourth-order valence-electron chi connectivity index (χ4n) is 2.77. The van der Waals surface area contributed by atoms with Gasteiger partial charge in [0, 0.05) is 11.4 Å². The summed E-state index contributed by atoms with van der Waals surface area (Å²) in [5.41, 5.74) is 5.16. The number of H-pyrrole nitrogens is 2. The quantitative estimate of drug-likeness (QED) is 0.517. The zero-order chi connectivity index (χ0) is 16.4. The van der Waals surface area contributed by atoms with Crippen LogP contribution in [0.25, 0.3) is 22.5 Å². The number of hydrogen-bond acceptors (Lipinski definition) is 1. The topological polar surface area (TPSA) is 48.6 Å². The number of benzene rings is 2. The molecule has 0 saturated heterocycles. The lowest BCUT2D eigenvalue weighted by molar-refractivity contribution is 0.103. The third-order valence-corrected chi connectivity index (χ3v) is 4.03. The Labute approximate surface area is 140 Å². The van der Waals surface area contributed by atoms with E-state index in [2.05, 4.69) is 9.97 Å². The van der Waals surface area contributed by atoms with Crippen LogP contribution in [0.15, 0.2) is 84.9 Å². The molecule has 4 aromatic rings. The van der Waals surface area contributed by atoms with Crippen molar-refractivity contribution >= 4 is 5.78 Å². The van der Waals surface area contributed by atoms with Crippen LogP contribution in [0.3, 0.4) is 0 Å². The second-order valence-electron chi connectivity index (χ2n) is 5.63. The van der Waals surface area contributed by atoms with Gasteiger partial charge in [-0.1, -0.05) is 60.7 Å². The van der Waals surface area contributed by atoms with Gasteiger partial charge in [0.25, 0.3) is 0 Å². The van der Waals surface area contributed by atoms with Crippen LogP contribution >= 0.6 is 0 Å². The van der Waals surface area contributed by atoms with Gasteiger partial charge in [0.2, 0.25) is 5.78 Å². The molecule has 3 nitrogen and oxygen atoms in total. The van der Waals surface area contributed by atoms with Crippen molar-refractivity contribution in [1.82, 2.24) is 9.97 Å². The highest BCUT2D eigenvalue weighted by molar-refractivity contribution is 6.07. The van der Waals surface area contributed by atoms with Gasteiger partial charge in [0.1, 0.15) is 0 Å². The Balaban J connectivity index is 1.61. The monoisotopic (exact) mass is 312 g/mol. The predicted octanol–water partition coefficient (Wildman–Crippen LogP) is 4.91. The van der Waals surface area contributed by atoms with Crippen LogP contribution in [-0.4, -0.2) is 15.8 Å². The molecule has 0 saturated carbocycles. The molecule has 0 amide bonds. The summed E-state index contributed by atoms with van der Waals surface area (Å²) in [4.78, 5) is 19.1. The summed E-state index contributed by atoms with van der Waals surface area (Å²) in [7, 11) is 0. The Morgan fingerprint density at radius 2 is 0.958 bits per heavy atom. The van der Waals surface area contributed by atoms with Crippen LogP contribution in [0.1, 0.15) is 16.2 Å². The van der Waals surface area contributed by atoms with Crippen LogP contribution in [-0.2, 0) is 0 Å². The maximum absolute atomic E-state index is 12.7. The van der Waals surface area contributed by atoms with Gasteiger partial charge in [0.05, 0.1) is 11.4 Å². The molecule has 0 bridgehead atoms. The lowest BCUT2D eigenvalue weighted by Crippen LogP contribution is -2.02. The number of ketones is 1. The lowest BCUT2D eigenvalue weighted by atomic mass is 10.2. The summed E-state index contributed by atoms with van der Waals surface area (Å²) in [5.74, 6) is -0.0423. The van der Waals surface area contributed by atoms with E-state index in [0.717, 1.165) is 22.5 Å². The number of carbonyl (C=O) groups is 1. The smallest absolute Gasteiger partial charge is 0.225 e. The van der Waals surface area contributed by atoms with Crippen molar-refractivity contribution in [3.05, 3.63) is 96.3 Å². The summed E-state index contributed by atoms with van der Waals surface area (Å²) in [6.07, 6.45) is 0. The van der Waals surface area contributed by atoms with Crippen LogP contribution in [0.4, 0.5) is 0 Å². The Kier molecular flexibility index (Phi) is 3.60. The maximum atomic E-state index is 12.7. The summed E-state index contributed by atoms with van der Waals surface area (Å²) >= 11 is 0. The van der Waals surface area contributed by atoms with Gasteiger partial charge in [-0.05, 0) is 35.4 Å². The van der Waals surface area contributed by atoms with Crippen molar-refractivity contribution in [3.8, 4) is 22.5 Å². The highest BCUT2D eigenvalue weighted by Crippen LogP contribution is 2.22. The van der Waals surface area contributed by atoms with Crippen LogP contribution in [0.2, 0.25) is 0 Å². The van der Waals surface area contributed by atoms with Crippen molar-refractivity contribution in [2.75, 3.05) is 0 Å².